The third-order valence-electron chi connectivity index (χ3n) is 3.23. The molecule has 1 amide bonds. The second kappa shape index (κ2) is 8.45. The van der Waals surface area contributed by atoms with E-state index in [1.54, 1.807) is 35.5 Å². The molecule has 130 valence electrons. The van der Waals surface area contributed by atoms with Crippen LogP contribution in [-0.4, -0.2) is 31.7 Å². The zero-order valence-corrected chi connectivity index (χ0v) is 15.5. The maximum atomic E-state index is 12.8. The molecular weight excluding hydrogens is 312 g/mol. The zero-order valence-electron chi connectivity index (χ0n) is 14.7. The van der Waals surface area contributed by atoms with Gasteiger partial charge < -0.3 is 5.32 Å². The predicted molar refractivity (Wildman–Crippen MR) is 93.8 cm³/mol. The highest BCUT2D eigenvalue weighted by molar-refractivity contribution is 7.89. The first-order valence-electron chi connectivity index (χ1n) is 8.06. The van der Waals surface area contributed by atoms with Gasteiger partial charge in [0.05, 0.1) is 4.90 Å². The molecule has 23 heavy (non-hydrogen) atoms. The Balaban J connectivity index is 3.02. The Morgan fingerprint density at radius 2 is 1.52 bits per heavy atom. The summed E-state index contributed by atoms with van der Waals surface area (Å²) in [7, 11) is -3.52. The minimum Gasteiger partial charge on any atom is -0.326 e. The number of carbonyl (C=O) groups is 1. The molecule has 0 bridgehead atoms. The van der Waals surface area contributed by atoms with Crippen molar-refractivity contribution >= 4 is 21.6 Å². The van der Waals surface area contributed by atoms with Crippen LogP contribution in [-0.2, 0) is 14.8 Å². The molecular formula is C17H28N2O3S. The van der Waals surface area contributed by atoms with Crippen molar-refractivity contribution in [2.24, 2.45) is 11.8 Å². The highest BCUT2D eigenvalue weighted by atomic mass is 32.2. The minimum absolute atomic E-state index is 0.0955. The van der Waals surface area contributed by atoms with Gasteiger partial charge in [0.1, 0.15) is 0 Å². The van der Waals surface area contributed by atoms with E-state index in [-0.39, 0.29) is 22.6 Å². The SMILES string of the molecule is CCC(=O)Nc1ccc(S(=O)(=O)N(CC(C)C)CC(C)C)cc1. The summed E-state index contributed by atoms with van der Waals surface area (Å²) in [5, 5.41) is 2.72. The van der Waals surface area contributed by atoms with E-state index in [1.165, 1.54) is 0 Å². The van der Waals surface area contributed by atoms with E-state index < -0.39 is 10.0 Å². The number of hydrogen-bond donors (Lipinski definition) is 1. The van der Waals surface area contributed by atoms with Crippen LogP contribution in [0.2, 0.25) is 0 Å². The second-order valence-electron chi connectivity index (χ2n) is 6.54. The van der Waals surface area contributed by atoms with Crippen LogP contribution < -0.4 is 5.32 Å². The standard InChI is InChI=1S/C17H28N2O3S/c1-6-17(20)18-15-7-9-16(10-8-15)23(21,22)19(11-13(2)3)12-14(4)5/h7-10,13-14H,6,11-12H2,1-5H3,(H,18,20). The molecule has 0 unspecified atom stereocenters. The number of anilines is 1. The molecule has 1 aromatic carbocycles. The maximum Gasteiger partial charge on any atom is 0.243 e. The average Bonchev–Trinajstić information content (AvgIpc) is 2.46. The van der Waals surface area contributed by atoms with Crippen LogP contribution in [0, 0.1) is 11.8 Å². The number of benzene rings is 1. The van der Waals surface area contributed by atoms with Crippen molar-refractivity contribution in [1.29, 1.82) is 0 Å². The first-order chi connectivity index (χ1) is 10.7. The quantitative estimate of drug-likeness (QED) is 0.789. The molecule has 0 aliphatic rings. The maximum absolute atomic E-state index is 12.8. The molecule has 1 N–H and O–H groups in total. The topological polar surface area (TPSA) is 66.5 Å². The lowest BCUT2D eigenvalue weighted by Crippen LogP contribution is -2.37. The molecule has 0 atom stereocenters. The Labute approximate surface area is 140 Å². The monoisotopic (exact) mass is 340 g/mol. The summed E-state index contributed by atoms with van der Waals surface area (Å²) in [6.45, 7) is 10.8. The molecule has 1 rings (SSSR count). The number of carbonyl (C=O) groups excluding carboxylic acids is 1. The van der Waals surface area contributed by atoms with Crippen LogP contribution in [0.25, 0.3) is 0 Å². The molecule has 5 nitrogen and oxygen atoms in total. The molecule has 0 aromatic heterocycles. The molecule has 0 radical (unpaired) electrons. The number of nitrogens with one attached hydrogen (secondary N) is 1. The number of rotatable bonds is 8. The Hall–Kier alpha value is -1.40. The van der Waals surface area contributed by atoms with Gasteiger partial charge >= 0.3 is 0 Å². The lowest BCUT2D eigenvalue weighted by atomic mass is 10.2. The zero-order chi connectivity index (χ0) is 17.6. The predicted octanol–water partition coefficient (Wildman–Crippen LogP) is 3.34. The van der Waals surface area contributed by atoms with Gasteiger partial charge in [0, 0.05) is 25.2 Å². The lowest BCUT2D eigenvalue weighted by molar-refractivity contribution is -0.115. The molecule has 0 aliphatic heterocycles. The molecule has 0 saturated heterocycles. The Kier molecular flexibility index (Phi) is 7.22. The van der Waals surface area contributed by atoms with Crippen molar-refractivity contribution < 1.29 is 13.2 Å². The van der Waals surface area contributed by atoms with Crippen LogP contribution in [0.4, 0.5) is 5.69 Å². The van der Waals surface area contributed by atoms with Crippen LogP contribution in [0.1, 0.15) is 41.0 Å². The first kappa shape index (κ1) is 19.6. The molecule has 0 heterocycles. The van der Waals surface area contributed by atoms with Crippen LogP contribution in [0.3, 0.4) is 0 Å². The summed E-state index contributed by atoms with van der Waals surface area (Å²) >= 11 is 0. The molecule has 1 aromatic rings. The third kappa shape index (κ3) is 5.95. The molecule has 0 spiro atoms. The molecule has 6 heteroatoms. The fourth-order valence-electron chi connectivity index (χ4n) is 2.19. The Bertz CT molecular complexity index is 597. The van der Waals surface area contributed by atoms with E-state index in [1.807, 2.05) is 27.7 Å². The lowest BCUT2D eigenvalue weighted by Gasteiger charge is -2.25. The smallest absolute Gasteiger partial charge is 0.243 e. The van der Waals surface area contributed by atoms with Crippen LogP contribution in [0.15, 0.2) is 29.2 Å². The highest BCUT2D eigenvalue weighted by Gasteiger charge is 2.25. The summed E-state index contributed by atoms with van der Waals surface area (Å²) in [5.74, 6) is 0.417. The van der Waals surface area contributed by atoms with Crippen LogP contribution in [0.5, 0.6) is 0 Å². The fraction of sp³-hybridized carbons (Fsp3) is 0.588. The van der Waals surface area contributed by atoms with Gasteiger partial charge in [-0.1, -0.05) is 34.6 Å². The van der Waals surface area contributed by atoms with Gasteiger partial charge in [0.2, 0.25) is 15.9 Å². The van der Waals surface area contributed by atoms with Crippen LogP contribution >= 0.6 is 0 Å². The summed E-state index contributed by atoms with van der Waals surface area (Å²) < 4.78 is 27.2. The van der Waals surface area contributed by atoms with Gasteiger partial charge in [-0.3, -0.25) is 4.79 Å². The minimum atomic E-state index is -3.52. The number of amides is 1. The summed E-state index contributed by atoms with van der Waals surface area (Å²) in [6, 6.07) is 6.36. The fourth-order valence-corrected chi connectivity index (χ4v) is 3.96. The van der Waals surface area contributed by atoms with Gasteiger partial charge in [0.25, 0.3) is 0 Å². The highest BCUT2D eigenvalue weighted by Crippen LogP contribution is 2.20. The van der Waals surface area contributed by atoms with Gasteiger partial charge in [-0.2, -0.15) is 4.31 Å². The van der Waals surface area contributed by atoms with Gasteiger partial charge in [-0.15, -0.1) is 0 Å². The normalized spacial score (nSPS) is 12.2. The summed E-state index contributed by atoms with van der Waals surface area (Å²) in [4.78, 5) is 11.6. The van der Waals surface area contributed by atoms with Crippen molar-refractivity contribution in [3.8, 4) is 0 Å². The molecule has 0 aliphatic carbocycles. The molecule has 0 saturated carbocycles. The number of nitrogens with zero attached hydrogens (tertiary/aromatic N) is 1. The Morgan fingerprint density at radius 3 is 1.91 bits per heavy atom. The van der Waals surface area contributed by atoms with Crippen molar-refractivity contribution in [3.05, 3.63) is 24.3 Å². The Morgan fingerprint density at radius 1 is 1.04 bits per heavy atom. The van der Waals surface area contributed by atoms with Gasteiger partial charge in [-0.25, -0.2) is 8.42 Å². The van der Waals surface area contributed by atoms with Crippen molar-refractivity contribution in [1.82, 2.24) is 4.31 Å². The van der Waals surface area contributed by atoms with E-state index in [4.69, 9.17) is 0 Å². The van der Waals surface area contributed by atoms with Gasteiger partial charge in [-0.05, 0) is 36.1 Å². The van der Waals surface area contributed by atoms with Crippen molar-refractivity contribution in [3.63, 3.8) is 0 Å². The van der Waals surface area contributed by atoms with E-state index in [2.05, 4.69) is 5.32 Å². The van der Waals surface area contributed by atoms with E-state index in [0.717, 1.165) is 0 Å². The van der Waals surface area contributed by atoms with E-state index in [0.29, 0.717) is 25.2 Å². The first-order valence-corrected chi connectivity index (χ1v) is 9.50. The van der Waals surface area contributed by atoms with Gasteiger partial charge in [0.15, 0.2) is 0 Å². The van der Waals surface area contributed by atoms with E-state index >= 15 is 0 Å². The van der Waals surface area contributed by atoms with E-state index in [9.17, 15) is 13.2 Å². The average molecular weight is 340 g/mol. The summed E-state index contributed by atoms with van der Waals surface area (Å²) in [5.41, 5.74) is 0.607. The molecule has 0 fully saturated rings. The third-order valence-corrected chi connectivity index (χ3v) is 5.08. The summed E-state index contributed by atoms with van der Waals surface area (Å²) in [6.07, 6.45) is 0.386. The number of sulfonamides is 1. The van der Waals surface area contributed by atoms with Crippen molar-refractivity contribution in [2.75, 3.05) is 18.4 Å². The van der Waals surface area contributed by atoms with Crippen molar-refractivity contribution in [2.45, 2.75) is 45.9 Å². The second-order valence-corrected chi connectivity index (χ2v) is 8.47. The largest absolute Gasteiger partial charge is 0.326 e. The number of hydrogen-bond acceptors (Lipinski definition) is 3.